The Morgan fingerprint density at radius 1 is 0.500 bits per heavy atom. The van der Waals surface area contributed by atoms with Crippen LogP contribution in [0.25, 0.3) is 66.4 Å². The molecule has 0 amide bonds. The molecule has 2 heterocycles. The van der Waals surface area contributed by atoms with Gasteiger partial charge < -0.3 is 14.1 Å². The summed E-state index contributed by atoms with van der Waals surface area (Å²) in [4.78, 5) is 2.55. The van der Waals surface area contributed by atoms with Crippen LogP contribution in [0.3, 0.4) is 0 Å². The Balaban J connectivity index is 0.918. The minimum Gasteiger partial charge on any atom is -0.484 e. The summed E-state index contributed by atoms with van der Waals surface area (Å²) in [6, 6.07) is 51.1. The number of aryl methyl sites for hydroxylation is 2. The highest BCUT2D eigenvalue weighted by Crippen LogP contribution is 2.62. The highest BCUT2D eigenvalue weighted by molar-refractivity contribution is 6.15. The molecule has 1 aromatic heterocycles. The first-order valence-electron chi connectivity index (χ1n) is 26.1. The second-order valence-electron chi connectivity index (χ2n) is 24.1. The largest absolute Gasteiger partial charge is 0.484 e. The van der Waals surface area contributed by atoms with Crippen LogP contribution < -0.4 is 9.64 Å². The number of anilines is 3. The third-order valence-corrected chi connectivity index (χ3v) is 17.8. The molecule has 9 aromatic rings. The molecule has 0 bridgehead atoms. The molecule has 72 heavy (non-hydrogen) atoms. The van der Waals surface area contributed by atoms with Crippen LogP contribution in [0.15, 0.2) is 162 Å². The maximum Gasteiger partial charge on any atom is 0.136 e. The molecule has 4 aliphatic carbocycles. The van der Waals surface area contributed by atoms with Gasteiger partial charge in [0.15, 0.2) is 0 Å². The minimum absolute atomic E-state index is 0.0265. The fraction of sp³-hybridized carbons (Fsp3) is 0.246. The lowest BCUT2D eigenvalue weighted by molar-refractivity contribution is 0.270. The third-order valence-electron chi connectivity index (χ3n) is 17.8. The predicted octanol–water partition coefficient (Wildman–Crippen LogP) is 18.5. The number of rotatable bonds is 4. The van der Waals surface area contributed by atoms with E-state index in [1.54, 1.807) is 0 Å². The van der Waals surface area contributed by atoms with Crippen LogP contribution in [0.1, 0.15) is 124 Å². The quantitative estimate of drug-likeness (QED) is 0.176. The number of hydrogen-bond acceptors (Lipinski definition) is 3. The van der Waals surface area contributed by atoms with Crippen LogP contribution >= 0.6 is 0 Å². The number of hydrogen-bond donors (Lipinski definition) is 0. The zero-order valence-electron chi connectivity index (χ0n) is 43.4. The van der Waals surface area contributed by atoms with E-state index in [0.29, 0.717) is 0 Å². The SMILES string of the molecule is Cc1cccc(C)c1N(c1ccc2c(c1)C(C)(C)c1cc3c(cc1-2)C(C)(C)c1ccc2oc4ccccc4c2c1-3)c1ccc2c(c1)C(C)(C)c1cc(-c3ccc(C(C)(C)C)cc3)c3c(c1-2)C1C=CC=CC1O3. The van der Waals surface area contributed by atoms with Crippen LogP contribution in [-0.4, -0.2) is 6.10 Å². The van der Waals surface area contributed by atoms with Crippen molar-refractivity contribution in [2.45, 2.75) is 110 Å². The standard InChI is InChI=1S/C69H61NO2/c1-38-17-16-18-39(2)64(38)70(42-27-29-44-49-36-55-50(37-54(49)68(8,9)52(44)33-42)61-51(67(55,6)7)31-32-59-62(61)46-19-12-14-21-57(46)71-59)43-28-30-45-53(34-43)69(10,11)56-35-48(40-23-25-41(26-24-40)66(3,4)5)65-63(60(45)56)47-20-13-15-22-58(47)72-65/h12-37,47,58H,1-11H3. The Hall–Kier alpha value is -7.36. The van der Waals surface area contributed by atoms with E-state index in [0.717, 1.165) is 16.9 Å². The van der Waals surface area contributed by atoms with E-state index < -0.39 is 0 Å². The van der Waals surface area contributed by atoms with Crippen molar-refractivity contribution in [2.24, 2.45) is 0 Å². The molecule has 0 saturated carbocycles. The number of allylic oxidation sites excluding steroid dienone is 2. The van der Waals surface area contributed by atoms with Crippen molar-refractivity contribution in [2.75, 3.05) is 4.90 Å². The van der Waals surface area contributed by atoms with Gasteiger partial charge in [0.1, 0.15) is 23.0 Å². The van der Waals surface area contributed by atoms with Gasteiger partial charge in [-0.25, -0.2) is 0 Å². The Morgan fingerprint density at radius 2 is 1.11 bits per heavy atom. The first-order chi connectivity index (χ1) is 34.4. The monoisotopic (exact) mass is 935 g/mol. The summed E-state index contributed by atoms with van der Waals surface area (Å²) in [5, 5.41) is 2.41. The molecule has 14 rings (SSSR count). The maximum atomic E-state index is 7.01. The fourth-order valence-corrected chi connectivity index (χ4v) is 13.9. The Morgan fingerprint density at radius 3 is 1.85 bits per heavy atom. The first kappa shape index (κ1) is 43.4. The molecule has 8 aromatic carbocycles. The lowest BCUT2D eigenvalue weighted by Gasteiger charge is -2.31. The van der Waals surface area contributed by atoms with Gasteiger partial charge in [-0.15, -0.1) is 0 Å². The van der Waals surface area contributed by atoms with Crippen molar-refractivity contribution in [3.05, 3.63) is 213 Å². The van der Waals surface area contributed by atoms with Crippen molar-refractivity contribution in [3.8, 4) is 50.3 Å². The van der Waals surface area contributed by atoms with Crippen molar-refractivity contribution >= 4 is 39.0 Å². The molecule has 0 radical (unpaired) electrons. The zero-order valence-corrected chi connectivity index (χ0v) is 43.4. The molecule has 0 spiro atoms. The van der Waals surface area contributed by atoms with E-state index in [9.17, 15) is 0 Å². The van der Waals surface area contributed by atoms with Crippen LogP contribution in [0.5, 0.6) is 5.75 Å². The smallest absolute Gasteiger partial charge is 0.136 e. The number of para-hydroxylation sites is 2. The van der Waals surface area contributed by atoms with E-state index in [2.05, 4.69) is 239 Å². The average Bonchev–Trinajstić information content (AvgIpc) is 4.10. The molecular formula is C69H61NO2. The lowest BCUT2D eigenvalue weighted by atomic mass is 9.78. The maximum absolute atomic E-state index is 7.01. The van der Waals surface area contributed by atoms with Gasteiger partial charge in [-0.3, -0.25) is 0 Å². The van der Waals surface area contributed by atoms with Gasteiger partial charge in [0.05, 0.1) is 5.69 Å². The molecule has 0 fully saturated rings. The van der Waals surface area contributed by atoms with Crippen LogP contribution in [0.2, 0.25) is 0 Å². The molecule has 5 aliphatic rings. The van der Waals surface area contributed by atoms with Crippen molar-refractivity contribution in [3.63, 3.8) is 0 Å². The number of ether oxygens (including phenoxy) is 1. The van der Waals surface area contributed by atoms with Gasteiger partial charge in [0.25, 0.3) is 0 Å². The number of fused-ring (bicyclic) bond motifs is 17. The van der Waals surface area contributed by atoms with Gasteiger partial charge in [-0.05, 0) is 169 Å². The summed E-state index contributed by atoms with van der Waals surface area (Å²) < 4.78 is 13.5. The van der Waals surface area contributed by atoms with Gasteiger partial charge in [-0.1, -0.05) is 159 Å². The molecule has 0 saturated heterocycles. The molecule has 3 heteroatoms. The van der Waals surface area contributed by atoms with Crippen molar-refractivity contribution < 1.29 is 9.15 Å². The van der Waals surface area contributed by atoms with Gasteiger partial charge in [0, 0.05) is 55.4 Å². The highest BCUT2D eigenvalue weighted by Gasteiger charge is 2.46. The van der Waals surface area contributed by atoms with Gasteiger partial charge in [0.2, 0.25) is 0 Å². The summed E-state index contributed by atoms with van der Waals surface area (Å²) >= 11 is 0. The molecule has 0 N–H and O–H groups in total. The van der Waals surface area contributed by atoms with E-state index in [1.165, 1.54) is 128 Å². The average molecular weight is 936 g/mol. The lowest BCUT2D eigenvalue weighted by Crippen LogP contribution is -2.19. The minimum atomic E-state index is -0.281. The second kappa shape index (κ2) is 14.4. The Bertz CT molecular complexity index is 3910. The molecule has 2 unspecified atom stereocenters. The number of furan rings is 1. The Kier molecular flexibility index (Phi) is 8.69. The summed E-state index contributed by atoms with van der Waals surface area (Å²) in [7, 11) is 0. The molecular weight excluding hydrogens is 875 g/mol. The second-order valence-corrected chi connectivity index (χ2v) is 24.1. The highest BCUT2D eigenvalue weighted by atomic mass is 16.5. The summed E-state index contributed by atoms with van der Waals surface area (Å²) in [5.74, 6) is 1.17. The zero-order chi connectivity index (χ0) is 49.5. The van der Waals surface area contributed by atoms with E-state index in [1.807, 2.05) is 0 Å². The molecule has 2 atom stereocenters. The predicted molar refractivity (Wildman–Crippen MR) is 300 cm³/mol. The van der Waals surface area contributed by atoms with E-state index in [4.69, 9.17) is 9.15 Å². The first-order valence-corrected chi connectivity index (χ1v) is 26.1. The van der Waals surface area contributed by atoms with E-state index >= 15 is 0 Å². The Labute approximate surface area is 424 Å². The molecule has 3 nitrogen and oxygen atoms in total. The molecule has 1 aliphatic heterocycles. The summed E-state index contributed by atoms with van der Waals surface area (Å²) in [6.07, 6.45) is 8.90. The van der Waals surface area contributed by atoms with Crippen molar-refractivity contribution in [1.82, 2.24) is 0 Å². The van der Waals surface area contributed by atoms with Crippen LogP contribution in [-0.2, 0) is 21.7 Å². The van der Waals surface area contributed by atoms with Crippen LogP contribution in [0, 0.1) is 13.8 Å². The van der Waals surface area contributed by atoms with Gasteiger partial charge in [-0.2, -0.15) is 0 Å². The summed E-state index contributed by atoms with van der Waals surface area (Å²) in [5.41, 5.74) is 28.5. The summed E-state index contributed by atoms with van der Waals surface area (Å²) in [6.45, 7) is 25.9. The topological polar surface area (TPSA) is 25.6 Å². The normalized spacial score (nSPS) is 18.5. The van der Waals surface area contributed by atoms with Crippen LogP contribution in [0.4, 0.5) is 17.1 Å². The molecule has 354 valence electrons. The fourth-order valence-electron chi connectivity index (χ4n) is 13.9. The number of nitrogens with zero attached hydrogens (tertiary/aromatic N) is 1. The number of benzene rings is 8. The van der Waals surface area contributed by atoms with Gasteiger partial charge >= 0.3 is 0 Å². The van der Waals surface area contributed by atoms with E-state index in [-0.39, 0.29) is 33.7 Å². The third kappa shape index (κ3) is 5.74. The van der Waals surface area contributed by atoms with Crippen molar-refractivity contribution in [1.29, 1.82) is 0 Å².